The molecular formula is C14H20N4O. The summed E-state index contributed by atoms with van der Waals surface area (Å²) in [5, 5.41) is 7.62. The Bertz CT molecular complexity index is 522. The molecule has 102 valence electrons. The number of para-hydroxylation sites is 1. The molecule has 0 unspecified atom stereocenters. The fourth-order valence-electron chi connectivity index (χ4n) is 1.98. The molecule has 0 spiro atoms. The van der Waals surface area contributed by atoms with Crippen molar-refractivity contribution in [2.45, 2.75) is 33.0 Å². The van der Waals surface area contributed by atoms with E-state index < -0.39 is 0 Å². The number of nitrogens with one attached hydrogen (secondary N) is 1. The third-order valence-corrected chi connectivity index (χ3v) is 2.89. The SMILES string of the molecule is COCc1ccccc1NCc1ncnn1C(C)C. The van der Waals surface area contributed by atoms with Gasteiger partial charge < -0.3 is 10.1 Å². The Labute approximate surface area is 113 Å². The summed E-state index contributed by atoms with van der Waals surface area (Å²) in [6.45, 7) is 5.44. The molecule has 0 aliphatic rings. The van der Waals surface area contributed by atoms with E-state index in [2.05, 4.69) is 35.3 Å². The Morgan fingerprint density at radius 1 is 1.32 bits per heavy atom. The van der Waals surface area contributed by atoms with E-state index >= 15 is 0 Å². The van der Waals surface area contributed by atoms with E-state index in [4.69, 9.17) is 4.74 Å². The molecule has 1 heterocycles. The lowest BCUT2D eigenvalue weighted by Crippen LogP contribution is -2.12. The van der Waals surface area contributed by atoms with E-state index in [1.54, 1.807) is 13.4 Å². The molecule has 1 N–H and O–H groups in total. The Kier molecular flexibility index (Phi) is 4.52. The fourth-order valence-corrected chi connectivity index (χ4v) is 1.98. The van der Waals surface area contributed by atoms with Crippen molar-refractivity contribution in [3.8, 4) is 0 Å². The van der Waals surface area contributed by atoms with Crippen LogP contribution in [0.1, 0.15) is 31.3 Å². The van der Waals surface area contributed by atoms with E-state index in [9.17, 15) is 0 Å². The molecule has 0 bridgehead atoms. The molecule has 2 aromatic rings. The molecule has 0 aliphatic heterocycles. The second-order valence-electron chi connectivity index (χ2n) is 4.66. The van der Waals surface area contributed by atoms with E-state index in [1.165, 1.54) is 0 Å². The lowest BCUT2D eigenvalue weighted by Gasteiger charge is -2.13. The average Bonchev–Trinajstić information content (AvgIpc) is 2.86. The average molecular weight is 260 g/mol. The highest BCUT2D eigenvalue weighted by Crippen LogP contribution is 2.17. The zero-order valence-electron chi connectivity index (χ0n) is 11.6. The van der Waals surface area contributed by atoms with E-state index in [-0.39, 0.29) is 0 Å². The number of ether oxygens (including phenoxy) is 1. The summed E-state index contributed by atoms with van der Waals surface area (Å²) in [4.78, 5) is 4.29. The highest BCUT2D eigenvalue weighted by molar-refractivity contribution is 5.50. The van der Waals surface area contributed by atoms with Crippen LogP contribution in [0.2, 0.25) is 0 Å². The summed E-state index contributed by atoms with van der Waals surface area (Å²) in [6.07, 6.45) is 1.60. The Morgan fingerprint density at radius 2 is 2.11 bits per heavy atom. The van der Waals surface area contributed by atoms with Gasteiger partial charge in [0.15, 0.2) is 0 Å². The highest BCUT2D eigenvalue weighted by Gasteiger charge is 2.08. The largest absolute Gasteiger partial charge is 0.380 e. The van der Waals surface area contributed by atoms with Crippen LogP contribution in [-0.2, 0) is 17.9 Å². The number of anilines is 1. The van der Waals surface area contributed by atoms with E-state index in [1.807, 2.05) is 22.9 Å². The Hall–Kier alpha value is -1.88. The van der Waals surface area contributed by atoms with Crippen molar-refractivity contribution in [1.82, 2.24) is 14.8 Å². The number of aromatic nitrogens is 3. The van der Waals surface area contributed by atoms with Crippen LogP contribution in [-0.4, -0.2) is 21.9 Å². The van der Waals surface area contributed by atoms with Crippen LogP contribution in [0.15, 0.2) is 30.6 Å². The molecule has 19 heavy (non-hydrogen) atoms. The Morgan fingerprint density at radius 3 is 2.84 bits per heavy atom. The number of benzene rings is 1. The van der Waals surface area contributed by atoms with Gasteiger partial charge in [-0.2, -0.15) is 5.10 Å². The van der Waals surface area contributed by atoms with Gasteiger partial charge in [0.2, 0.25) is 0 Å². The normalized spacial score (nSPS) is 10.9. The van der Waals surface area contributed by atoms with Crippen molar-refractivity contribution >= 4 is 5.69 Å². The molecule has 5 nitrogen and oxygen atoms in total. The first-order chi connectivity index (χ1) is 9.22. The van der Waals surface area contributed by atoms with Gasteiger partial charge in [-0.15, -0.1) is 0 Å². The zero-order chi connectivity index (χ0) is 13.7. The van der Waals surface area contributed by atoms with Crippen LogP contribution < -0.4 is 5.32 Å². The van der Waals surface area contributed by atoms with Crippen LogP contribution in [0.25, 0.3) is 0 Å². The quantitative estimate of drug-likeness (QED) is 0.867. The molecule has 5 heteroatoms. The predicted molar refractivity (Wildman–Crippen MR) is 74.9 cm³/mol. The van der Waals surface area contributed by atoms with Gasteiger partial charge >= 0.3 is 0 Å². The van der Waals surface area contributed by atoms with Crippen LogP contribution in [0.4, 0.5) is 5.69 Å². The van der Waals surface area contributed by atoms with Crippen LogP contribution in [0.3, 0.4) is 0 Å². The first-order valence-corrected chi connectivity index (χ1v) is 6.41. The molecule has 0 saturated heterocycles. The van der Waals surface area contributed by atoms with Crippen LogP contribution in [0.5, 0.6) is 0 Å². The van der Waals surface area contributed by atoms with E-state index in [0.29, 0.717) is 19.2 Å². The molecule has 0 saturated carbocycles. The number of methoxy groups -OCH3 is 1. The minimum atomic E-state index is 0.313. The maximum atomic E-state index is 5.19. The second-order valence-corrected chi connectivity index (χ2v) is 4.66. The van der Waals surface area contributed by atoms with Crippen LogP contribution in [0, 0.1) is 0 Å². The molecule has 0 atom stereocenters. The fraction of sp³-hybridized carbons (Fsp3) is 0.429. The Balaban J connectivity index is 2.08. The third-order valence-electron chi connectivity index (χ3n) is 2.89. The minimum absolute atomic E-state index is 0.313. The number of nitrogens with zero attached hydrogens (tertiary/aromatic N) is 3. The first-order valence-electron chi connectivity index (χ1n) is 6.41. The van der Waals surface area contributed by atoms with Crippen molar-refractivity contribution < 1.29 is 4.74 Å². The van der Waals surface area contributed by atoms with Gasteiger partial charge in [-0.05, 0) is 19.9 Å². The number of rotatable bonds is 6. The first kappa shape index (κ1) is 13.5. The van der Waals surface area contributed by atoms with Gasteiger partial charge in [0.05, 0.1) is 13.2 Å². The maximum Gasteiger partial charge on any atom is 0.146 e. The lowest BCUT2D eigenvalue weighted by atomic mass is 10.2. The van der Waals surface area contributed by atoms with Gasteiger partial charge in [0.1, 0.15) is 12.2 Å². The van der Waals surface area contributed by atoms with Crippen molar-refractivity contribution in [2.24, 2.45) is 0 Å². The standard InChI is InChI=1S/C14H20N4O/c1-11(2)18-14(16-10-17-18)8-15-13-7-5-4-6-12(13)9-19-3/h4-7,10-11,15H,8-9H2,1-3H3. The predicted octanol–water partition coefficient (Wildman–Crippen LogP) is 2.62. The molecule has 0 aliphatic carbocycles. The molecule has 1 aromatic carbocycles. The zero-order valence-corrected chi connectivity index (χ0v) is 11.6. The molecular weight excluding hydrogens is 240 g/mol. The van der Waals surface area contributed by atoms with E-state index in [0.717, 1.165) is 17.1 Å². The molecule has 0 amide bonds. The third kappa shape index (κ3) is 3.32. The molecule has 2 rings (SSSR count). The summed E-state index contributed by atoms with van der Waals surface area (Å²) >= 11 is 0. The second kappa shape index (κ2) is 6.33. The highest BCUT2D eigenvalue weighted by atomic mass is 16.5. The summed E-state index contributed by atoms with van der Waals surface area (Å²) in [6, 6.07) is 8.43. The van der Waals surface area contributed by atoms with Crippen molar-refractivity contribution in [3.63, 3.8) is 0 Å². The summed E-state index contributed by atoms with van der Waals surface area (Å²) in [5.74, 6) is 0.933. The van der Waals surface area contributed by atoms with Crippen LogP contribution >= 0.6 is 0 Å². The van der Waals surface area contributed by atoms with Crippen molar-refractivity contribution in [1.29, 1.82) is 0 Å². The number of hydrogen-bond acceptors (Lipinski definition) is 4. The summed E-state index contributed by atoms with van der Waals surface area (Å²) < 4.78 is 7.12. The molecule has 1 aromatic heterocycles. The smallest absolute Gasteiger partial charge is 0.146 e. The number of hydrogen-bond donors (Lipinski definition) is 1. The lowest BCUT2D eigenvalue weighted by molar-refractivity contribution is 0.185. The van der Waals surface area contributed by atoms with Gasteiger partial charge in [-0.3, -0.25) is 0 Å². The molecule has 0 fully saturated rings. The van der Waals surface area contributed by atoms with Gasteiger partial charge in [0, 0.05) is 24.4 Å². The monoisotopic (exact) mass is 260 g/mol. The van der Waals surface area contributed by atoms with Crippen molar-refractivity contribution in [2.75, 3.05) is 12.4 Å². The topological polar surface area (TPSA) is 52.0 Å². The van der Waals surface area contributed by atoms with Crippen molar-refractivity contribution in [3.05, 3.63) is 42.0 Å². The maximum absolute atomic E-state index is 5.19. The van der Waals surface area contributed by atoms with Gasteiger partial charge in [0.25, 0.3) is 0 Å². The van der Waals surface area contributed by atoms with Gasteiger partial charge in [-0.25, -0.2) is 9.67 Å². The summed E-state index contributed by atoms with van der Waals surface area (Å²) in [7, 11) is 1.70. The summed E-state index contributed by atoms with van der Waals surface area (Å²) in [5.41, 5.74) is 2.21. The van der Waals surface area contributed by atoms with Gasteiger partial charge in [-0.1, -0.05) is 18.2 Å². The minimum Gasteiger partial charge on any atom is -0.380 e. The molecule has 0 radical (unpaired) electrons.